The Morgan fingerprint density at radius 2 is 1.63 bits per heavy atom. The van der Waals surface area contributed by atoms with Crippen molar-refractivity contribution in [3.63, 3.8) is 0 Å². The van der Waals surface area contributed by atoms with Crippen molar-refractivity contribution in [1.29, 1.82) is 0 Å². The Bertz CT molecular complexity index is 1070. The maximum Gasteiger partial charge on any atom is 0.471 e. The van der Waals surface area contributed by atoms with Gasteiger partial charge in [0.05, 0.1) is 5.69 Å². The van der Waals surface area contributed by atoms with Crippen LogP contribution in [0.25, 0.3) is 0 Å². The predicted octanol–water partition coefficient (Wildman–Crippen LogP) is 5.86. The Kier molecular flexibility index (Phi) is 6.03. The molecule has 0 bridgehead atoms. The number of halogens is 4. The molecule has 1 atom stereocenters. The Labute approximate surface area is 176 Å². The summed E-state index contributed by atoms with van der Waals surface area (Å²) in [7, 11) is 0. The minimum atomic E-state index is -4.94. The smallest absolute Gasteiger partial charge is 0.355 e. The highest BCUT2D eigenvalue weighted by Crippen LogP contribution is 2.28. The van der Waals surface area contributed by atoms with Crippen molar-refractivity contribution in [1.82, 2.24) is 4.98 Å². The largest absolute Gasteiger partial charge is 0.471 e. The van der Waals surface area contributed by atoms with Crippen molar-refractivity contribution in [3.05, 3.63) is 87.7 Å². The summed E-state index contributed by atoms with van der Waals surface area (Å²) < 4.78 is 37.1. The molecule has 1 heterocycles. The van der Waals surface area contributed by atoms with E-state index in [0.29, 0.717) is 16.3 Å². The maximum atomic E-state index is 12.8. The average Bonchev–Trinajstić information content (AvgIpc) is 3.09. The van der Waals surface area contributed by atoms with Crippen LogP contribution in [0.5, 0.6) is 0 Å². The predicted molar refractivity (Wildman–Crippen MR) is 109 cm³/mol. The molecule has 3 rings (SSSR count). The van der Waals surface area contributed by atoms with Crippen molar-refractivity contribution in [2.75, 3.05) is 5.32 Å². The van der Waals surface area contributed by atoms with Crippen LogP contribution in [0.2, 0.25) is 5.02 Å². The number of nitrogens with one attached hydrogen (secondary N) is 2. The first-order valence-electron chi connectivity index (χ1n) is 9.04. The van der Waals surface area contributed by atoms with Gasteiger partial charge in [0, 0.05) is 27.9 Å². The SMILES string of the molecule is Cc1cc(C(C)c2ccc(NC(=O)C(F)(F)F)cc2)[nH]c1C(=O)c1ccc(Cl)cc1. The number of hydrogen-bond donors (Lipinski definition) is 2. The molecular weight excluding hydrogens is 417 g/mol. The van der Waals surface area contributed by atoms with Crippen LogP contribution in [0.15, 0.2) is 54.6 Å². The number of rotatable bonds is 5. The second-order valence-corrected chi connectivity index (χ2v) is 7.35. The van der Waals surface area contributed by atoms with E-state index in [0.717, 1.165) is 16.8 Å². The van der Waals surface area contributed by atoms with E-state index in [9.17, 15) is 22.8 Å². The number of H-pyrrole nitrogens is 1. The van der Waals surface area contributed by atoms with Crippen molar-refractivity contribution in [2.45, 2.75) is 25.9 Å². The van der Waals surface area contributed by atoms with Crippen LogP contribution in [-0.4, -0.2) is 22.9 Å². The van der Waals surface area contributed by atoms with Crippen LogP contribution >= 0.6 is 11.6 Å². The molecule has 156 valence electrons. The molecule has 0 fully saturated rings. The molecule has 1 amide bonds. The van der Waals surface area contributed by atoms with E-state index in [4.69, 9.17) is 11.6 Å². The summed E-state index contributed by atoms with van der Waals surface area (Å²) in [5.41, 5.74) is 3.41. The van der Waals surface area contributed by atoms with E-state index in [-0.39, 0.29) is 17.4 Å². The van der Waals surface area contributed by atoms with Crippen LogP contribution < -0.4 is 5.32 Å². The van der Waals surface area contributed by atoms with Gasteiger partial charge in [-0.15, -0.1) is 0 Å². The summed E-state index contributed by atoms with van der Waals surface area (Å²) in [5.74, 6) is -2.33. The molecule has 0 spiro atoms. The molecule has 1 unspecified atom stereocenters. The van der Waals surface area contributed by atoms with Crippen molar-refractivity contribution in [2.24, 2.45) is 0 Å². The molecule has 0 aliphatic heterocycles. The van der Waals surface area contributed by atoms with Crippen LogP contribution in [0, 0.1) is 6.92 Å². The van der Waals surface area contributed by atoms with Gasteiger partial charge < -0.3 is 10.3 Å². The van der Waals surface area contributed by atoms with Crippen molar-refractivity contribution >= 4 is 29.0 Å². The number of aryl methyl sites for hydroxylation is 1. The van der Waals surface area contributed by atoms with E-state index in [1.54, 1.807) is 36.4 Å². The zero-order valence-electron chi connectivity index (χ0n) is 16.1. The number of aromatic amines is 1. The van der Waals surface area contributed by atoms with E-state index in [1.807, 2.05) is 25.2 Å². The Balaban J connectivity index is 1.78. The number of alkyl halides is 3. The molecule has 0 saturated carbocycles. The van der Waals surface area contributed by atoms with E-state index in [1.165, 1.54) is 12.1 Å². The molecule has 2 aromatic carbocycles. The number of carbonyl (C=O) groups excluding carboxylic acids is 2. The molecule has 0 aliphatic carbocycles. The third-order valence-corrected chi connectivity index (χ3v) is 5.01. The zero-order chi connectivity index (χ0) is 22.1. The third kappa shape index (κ3) is 4.74. The van der Waals surface area contributed by atoms with Gasteiger partial charge in [0.25, 0.3) is 0 Å². The standard InChI is InChI=1S/C22H18ClF3N2O2/c1-12-11-18(28-19(12)20(29)15-3-7-16(23)8-4-15)13(2)14-5-9-17(10-6-14)27-21(30)22(24,25)26/h3-11,13,28H,1-2H3,(H,27,30). The van der Waals surface area contributed by atoms with Gasteiger partial charge >= 0.3 is 12.1 Å². The van der Waals surface area contributed by atoms with Gasteiger partial charge in [0.1, 0.15) is 0 Å². The quantitative estimate of drug-likeness (QED) is 0.494. The lowest BCUT2D eigenvalue weighted by Gasteiger charge is -2.12. The highest BCUT2D eigenvalue weighted by molar-refractivity contribution is 6.30. The summed E-state index contributed by atoms with van der Waals surface area (Å²) in [6.45, 7) is 3.73. The first-order valence-corrected chi connectivity index (χ1v) is 9.42. The molecule has 2 N–H and O–H groups in total. The van der Waals surface area contributed by atoms with E-state index < -0.39 is 12.1 Å². The minimum Gasteiger partial charge on any atom is -0.355 e. The fourth-order valence-electron chi connectivity index (χ4n) is 3.04. The topological polar surface area (TPSA) is 62.0 Å². The first kappa shape index (κ1) is 21.6. The maximum absolute atomic E-state index is 12.8. The normalized spacial score (nSPS) is 12.5. The van der Waals surface area contributed by atoms with Crippen LogP contribution in [0.1, 0.15) is 45.7 Å². The summed E-state index contributed by atoms with van der Waals surface area (Å²) >= 11 is 5.87. The number of ketones is 1. The lowest BCUT2D eigenvalue weighted by Crippen LogP contribution is -2.29. The number of amides is 1. The molecular formula is C22H18ClF3N2O2. The molecule has 0 saturated heterocycles. The van der Waals surface area contributed by atoms with Gasteiger partial charge in [-0.05, 0) is 60.5 Å². The summed E-state index contributed by atoms with van der Waals surface area (Å²) in [6, 6.07) is 14.6. The Morgan fingerprint density at radius 1 is 1.03 bits per heavy atom. The lowest BCUT2D eigenvalue weighted by molar-refractivity contribution is -0.167. The monoisotopic (exact) mass is 434 g/mol. The third-order valence-electron chi connectivity index (χ3n) is 4.76. The highest BCUT2D eigenvalue weighted by atomic mass is 35.5. The molecule has 3 aromatic rings. The zero-order valence-corrected chi connectivity index (χ0v) is 16.9. The van der Waals surface area contributed by atoms with Gasteiger partial charge in [0.2, 0.25) is 5.78 Å². The van der Waals surface area contributed by atoms with Crippen molar-refractivity contribution in [3.8, 4) is 0 Å². The van der Waals surface area contributed by atoms with E-state index >= 15 is 0 Å². The first-order chi connectivity index (χ1) is 14.1. The van der Waals surface area contributed by atoms with Crippen LogP contribution in [0.4, 0.5) is 18.9 Å². The van der Waals surface area contributed by atoms with Gasteiger partial charge in [-0.1, -0.05) is 30.7 Å². The number of carbonyl (C=O) groups is 2. The second-order valence-electron chi connectivity index (χ2n) is 6.91. The second kappa shape index (κ2) is 8.36. The lowest BCUT2D eigenvalue weighted by atomic mass is 9.97. The fraction of sp³-hybridized carbons (Fsp3) is 0.182. The van der Waals surface area contributed by atoms with Crippen molar-refractivity contribution < 1.29 is 22.8 Å². The van der Waals surface area contributed by atoms with Gasteiger partial charge in [-0.3, -0.25) is 9.59 Å². The molecule has 8 heteroatoms. The van der Waals surface area contributed by atoms with E-state index in [2.05, 4.69) is 4.98 Å². The number of hydrogen-bond acceptors (Lipinski definition) is 2. The summed E-state index contributed by atoms with van der Waals surface area (Å²) in [4.78, 5) is 27.0. The fourth-order valence-corrected chi connectivity index (χ4v) is 3.16. The molecule has 1 aromatic heterocycles. The molecule has 4 nitrogen and oxygen atoms in total. The van der Waals surface area contributed by atoms with Gasteiger partial charge in [0.15, 0.2) is 0 Å². The van der Waals surface area contributed by atoms with Crippen LogP contribution in [-0.2, 0) is 4.79 Å². The molecule has 30 heavy (non-hydrogen) atoms. The number of benzene rings is 2. The number of anilines is 1. The van der Waals surface area contributed by atoms with Gasteiger partial charge in [-0.2, -0.15) is 13.2 Å². The Morgan fingerprint density at radius 3 is 2.20 bits per heavy atom. The van der Waals surface area contributed by atoms with Crippen LogP contribution in [0.3, 0.4) is 0 Å². The molecule has 0 radical (unpaired) electrons. The summed E-state index contributed by atoms with van der Waals surface area (Å²) in [6.07, 6.45) is -4.94. The summed E-state index contributed by atoms with van der Waals surface area (Å²) in [5, 5.41) is 2.35. The average molecular weight is 435 g/mol. The Hall–Kier alpha value is -3.06. The molecule has 0 aliphatic rings. The van der Waals surface area contributed by atoms with Gasteiger partial charge in [-0.25, -0.2) is 0 Å². The number of aromatic nitrogens is 1. The highest BCUT2D eigenvalue weighted by Gasteiger charge is 2.38. The minimum absolute atomic E-state index is 0.0505.